The smallest absolute Gasteiger partial charge is 0.133 e. The lowest BCUT2D eigenvalue weighted by atomic mass is 10.1. The molecule has 1 atom stereocenters. The lowest BCUT2D eigenvalue weighted by Gasteiger charge is -2.17. The van der Waals surface area contributed by atoms with Gasteiger partial charge in [0.2, 0.25) is 0 Å². The van der Waals surface area contributed by atoms with E-state index in [4.69, 9.17) is 20.3 Å². The molecule has 1 aromatic rings. The number of aliphatic hydroxyl groups excluding tert-OH is 1. The molecule has 1 aromatic carbocycles. The highest BCUT2D eigenvalue weighted by molar-refractivity contribution is 9.10. The Kier molecular flexibility index (Phi) is 4.38. The number of benzene rings is 1. The van der Waals surface area contributed by atoms with Gasteiger partial charge in [0.15, 0.2) is 0 Å². The Morgan fingerprint density at radius 3 is 2.33 bits per heavy atom. The van der Waals surface area contributed by atoms with E-state index in [1.807, 2.05) is 0 Å². The van der Waals surface area contributed by atoms with Crippen LogP contribution in [0.25, 0.3) is 0 Å². The molecule has 0 radical (unpaired) electrons. The van der Waals surface area contributed by atoms with E-state index in [1.165, 1.54) is 0 Å². The molecule has 0 saturated heterocycles. The summed E-state index contributed by atoms with van der Waals surface area (Å²) in [4.78, 5) is 0. The fourth-order valence-electron chi connectivity index (χ4n) is 1.33. The van der Waals surface area contributed by atoms with Crippen LogP contribution in [0.5, 0.6) is 11.5 Å². The lowest BCUT2D eigenvalue weighted by Crippen LogP contribution is -2.16. The maximum absolute atomic E-state index is 9.05. The molecule has 0 amide bonds. The van der Waals surface area contributed by atoms with Crippen molar-refractivity contribution in [3.8, 4) is 11.5 Å². The molecule has 3 N–H and O–H groups in total. The van der Waals surface area contributed by atoms with Gasteiger partial charge in [-0.15, -0.1) is 0 Å². The molecule has 0 aromatic heterocycles. The molecule has 84 valence electrons. The summed E-state index contributed by atoms with van der Waals surface area (Å²) in [7, 11) is 3.13. The summed E-state index contributed by atoms with van der Waals surface area (Å²) >= 11 is 3.38. The van der Waals surface area contributed by atoms with Crippen molar-refractivity contribution in [2.45, 2.75) is 6.04 Å². The fraction of sp³-hybridized carbons (Fsp3) is 0.400. The minimum absolute atomic E-state index is 0.151. The molecule has 15 heavy (non-hydrogen) atoms. The van der Waals surface area contributed by atoms with Gasteiger partial charge in [-0.3, -0.25) is 0 Å². The van der Waals surface area contributed by atoms with Crippen LogP contribution in [0, 0.1) is 0 Å². The SMILES string of the molecule is COc1ccc(OC)c(C(N)CO)c1Br. The zero-order valence-corrected chi connectivity index (χ0v) is 10.2. The summed E-state index contributed by atoms with van der Waals surface area (Å²) in [6.07, 6.45) is 0. The van der Waals surface area contributed by atoms with Gasteiger partial charge in [0.05, 0.1) is 31.3 Å². The average Bonchev–Trinajstić information content (AvgIpc) is 2.27. The normalized spacial score (nSPS) is 12.3. The highest BCUT2D eigenvalue weighted by atomic mass is 79.9. The third kappa shape index (κ3) is 2.42. The predicted molar refractivity (Wildman–Crippen MR) is 61.3 cm³/mol. The van der Waals surface area contributed by atoms with Crippen LogP contribution in [0.15, 0.2) is 16.6 Å². The van der Waals surface area contributed by atoms with E-state index in [9.17, 15) is 0 Å². The Morgan fingerprint density at radius 2 is 1.87 bits per heavy atom. The molecule has 1 unspecified atom stereocenters. The number of nitrogens with two attached hydrogens (primary N) is 1. The quantitative estimate of drug-likeness (QED) is 0.873. The minimum Gasteiger partial charge on any atom is -0.496 e. The third-order valence-electron chi connectivity index (χ3n) is 2.11. The van der Waals surface area contributed by atoms with Crippen molar-refractivity contribution >= 4 is 15.9 Å². The van der Waals surface area contributed by atoms with Crippen molar-refractivity contribution < 1.29 is 14.6 Å². The van der Waals surface area contributed by atoms with E-state index >= 15 is 0 Å². The molecule has 0 spiro atoms. The van der Waals surface area contributed by atoms with Crippen LogP contribution in [0.2, 0.25) is 0 Å². The first-order chi connectivity index (χ1) is 7.15. The topological polar surface area (TPSA) is 64.7 Å². The van der Waals surface area contributed by atoms with Crippen molar-refractivity contribution in [2.24, 2.45) is 5.73 Å². The van der Waals surface area contributed by atoms with Crippen LogP contribution < -0.4 is 15.2 Å². The lowest BCUT2D eigenvalue weighted by molar-refractivity contribution is 0.263. The number of methoxy groups -OCH3 is 2. The Labute approximate surface area is 97.1 Å². The number of halogens is 1. The van der Waals surface area contributed by atoms with Crippen LogP contribution in [-0.2, 0) is 0 Å². The molecule has 1 rings (SSSR count). The van der Waals surface area contributed by atoms with E-state index < -0.39 is 6.04 Å². The highest BCUT2D eigenvalue weighted by Gasteiger charge is 2.18. The van der Waals surface area contributed by atoms with Crippen LogP contribution in [0.4, 0.5) is 0 Å². The second kappa shape index (κ2) is 5.34. The number of ether oxygens (including phenoxy) is 2. The molecule has 4 nitrogen and oxygen atoms in total. The zero-order valence-electron chi connectivity index (χ0n) is 8.66. The average molecular weight is 276 g/mol. The Hall–Kier alpha value is -0.780. The minimum atomic E-state index is -0.496. The van der Waals surface area contributed by atoms with Gasteiger partial charge >= 0.3 is 0 Å². The first-order valence-electron chi connectivity index (χ1n) is 4.42. The summed E-state index contributed by atoms with van der Waals surface area (Å²) in [5, 5.41) is 9.05. The summed E-state index contributed by atoms with van der Waals surface area (Å²) in [6, 6.07) is 3.04. The summed E-state index contributed by atoms with van der Waals surface area (Å²) in [5.41, 5.74) is 6.49. The van der Waals surface area contributed by atoms with Crippen LogP contribution >= 0.6 is 15.9 Å². The second-order valence-electron chi connectivity index (χ2n) is 2.99. The molecule has 0 aliphatic rings. The van der Waals surface area contributed by atoms with E-state index in [1.54, 1.807) is 26.4 Å². The Balaban J connectivity index is 3.29. The van der Waals surface area contributed by atoms with Gasteiger partial charge < -0.3 is 20.3 Å². The van der Waals surface area contributed by atoms with Crippen molar-refractivity contribution in [3.05, 3.63) is 22.2 Å². The van der Waals surface area contributed by atoms with Gasteiger partial charge in [0, 0.05) is 5.56 Å². The van der Waals surface area contributed by atoms with Gasteiger partial charge in [0.25, 0.3) is 0 Å². The number of hydrogen-bond donors (Lipinski definition) is 2. The standard InChI is InChI=1S/C10H14BrNO3/c1-14-7-3-4-8(15-2)10(11)9(7)6(12)5-13/h3-4,6,13H,5,12H2,1-2H3. The number of aliphatic hydroxyl groups is 1. The predicted octanol–water partition coefficient (Wildman–Crippen LogP) is 1.46. The number of rotatable bonds is 4. The fourth-order valence-corrected chi connectivity index (χ4v) is 2.11. The molecular weight excluding hydrogens is 262 g/mol. The van der Waals surface area contributed by atoms with E-state index in [0.29, 0.717) is 21.5 Å². The molecule has 0 aliphatic heterocycles. The van der Waals surface area contributed by atoms with Crippen molar-refractivity contribution in [1.29, 1.82) is 0 Å². The van der Waals surface area contributed by atoms with Crippen molar-refractivity contribution in [2.75, 3.05) is 20.8 Å². The van der Waals surface area contributed by atoms with Gasteiger partial charge in [0.1, 0.15) is 11.5 Å². The van der Waals surface area contributed by atoms with E-state index in [2.05, 4.69) is 15.9 Å². The Morgan fingerprint density at radius 1 is 1.33 bits per heavy atom. The van der Waals surface area contributed by atoms with E-state index in [-0.39, 0.29) is 6.61 Å². The largest absolute Gasteiger partial charge is 0.496 e. The maximum Gasteiger partial charge on any atom is 0.133 e. The third-order valence-corrected chi connectivity index (χ3v) is 2.93. The molecular formula is C10H14BrNO3. The summed E-state index contributed by atoms with van der Waals surface area (Å²) in [5.74, 6) is 1.29. The van der Waals surface area contributed by atoms with Crippen LogP contribution in [0.1, 0.15) is 11.6 Å². The molecule has 0 aliphatic carbocycles. The summed E-state index contributed by atoms with van der Waals surface area (Å²) in [6.45, 7) is -0.151. The molecule has 5 heteroatoms. The van der Waals surface area contributed by atoms with Crippen molar-refractivity contribution in [3.63, 3.8) is 0 Å². The van der Waals surface area contributed by atoms with E-state index in [0.717, 1.165) is 0 Å². The maximum atomic E-state index is 9.05. The first kappa shape index (κ1) is 12.3. The summed E-state index contributed by atoms with van der Waals surface area (Å²) < 4.78 is 11.0. The van der Waals surface area contributed by atoms with Crippen LogP contribution in [-0.4, -0.2) is 25.9 Å². The molecule has 0 saturated carbocycles. The first-order valence-corrected chi connectivity index (χ1v) is 5.21. The zero-order chi connectivity index (χ0) is 11.4. The highest BCUT2D eigenvalue weighted by Crippen LogP contribution is 2.37. The van der Waals surface area contributed by atoms with Gasteiger partial charge in [-0.25, -0.2) is 0 Å². The molecule has 0 bridgehead atoms. The van der Waals surface area contributed by atoms with Gasteiger partial charge in [-0.2, -0.15) is 0 Å². The molecule has 0 fully saturated rings. The van der Waals surface area contributed by atoms with Crippen LogP contribution in [0.3, 0.4) is 0 Å². The Bertz CT molecular complexity index is 344. The van der Waals surface area contributed by atoms with Gasteiger partial charge in [-0.1, -0.05) is 0 Å². The second-order valence-corrected chi connectivity index (χ2v) is 3.78. The monoisotopic (exact) mass is 275 g/mol. The number of hydrogen-bond acceptors (Lipinski definition) is 4. The molecule has 0 heterocycles. The van der Waals surface area contributed by atoms with Crippen molar-refractivity contribution in [1.82, 2.24) is 0 Å². The van der Waals surface area contributed by atoms with Gasteiger partial charge in [-0.05, 0) is 28.1 Å².